The number of carbonyl (C=O) groups excluding carboxylic acids is 2. The molecule has 3 aromatic rings. The van der Waals surface area contributed by atoms with Crippen LogP contribution in [-0.2, 0) is 4.79 Å². The van der Waals surface area contributed by atoms with Gasteiger partial charge in [-0.1, -0.05) is 12.1 Å². The van der Waals surface area contributed by atoms with Crippen LogP contribution in [0.5, 0.6) is 23.0 Å². The van der Waals surface area contributed by atoms with Crippen molar-refractivity contribution < 1.29 is 50.5 Å². The van der Waals surface area contributed by atoms with Gasteiger partial charge in [-0.2, -0.15) is 8.78 Å². The average molecular weight is 506 g/mol. The zero-order valence-electron chi connectivity index (χ0n) is 18.6. The Morgan fingerprint density at radius 1 is 0.972 bits per heavy atom. The maximum Gasteiger partial charge on any atom is 0.349 e. The molecule has 11 heteroatoms. The molecule has 0 radical (unpaired) electrons. The second-order valence-electron chi connectivity index (χ2n) is 7.44. The lowest BCUT2D eigenvalue weighted by molar-refractivity contribution is -0.136. The third-order valence-electron chi connectivity index (χ3n) is 5.16. The van der Waals surface area contributed by atoms with Gasteiger partial charge in [-0.15, -0.1) is 0 Å². The first kappa shape index (κ1) is 24.7. The van der Waals surface area contributed by atoms with Crippen molar-refractivity contribution in [3.05, 3.63) is 87.9 Å². The van der Waals surface area contributed by atoms with Gasteiger partial charge in [0.15, 0.2) is 18.1 Å². The van der Waals surface area contributed by atoms with Gasteiger partial charge in [-0.3, -0.25) is 4.79 Å². The number of methoxy groups -OCH3 is 1. The molecule has 0 saturated heterocycles. The van der Waals surface area contributed by atoms with Crippen molar-refractivity contribution in [1.29, 1.82) is 0 Å². The average Bonchev–Trinajstić information content (AvgIpc) is 3.19. The van der Waals surface area contributed by atoms with Crippen LogP contribution in [-0.4, -0.2) is 25.5 Å². The lowest BCUT2D eigenvalue weighted by Gasteiger charge is -2.12. The van der Waals surface area contributed by atoms with Crippen LogP contribution in [0.15, 0.2) is 42.2 Å². The van der Waals surface area contributed by atoms with Crippen LogP contribution in [0, 0.1) is 36.0 Å². The summed E-state index contributed by atoms with van der Waals surface area (Å²) in [6.45, 7) is 0.323. The summed E-state index contributed by atoms with van der Waals surface area (Å²) in [5, 5.41) is 0. The molecule has 0 aromatic heterocycles. The molecule has 6 nitrogen and oxygen atoms in total. The van der Waals surface area contributed by atoms with Gasteiger partial charge in [-0.05, 0) is 42.8 Å². The Kier molecular flexibility index (Phi) is 6.65. The molecule has 0 saturated carbocycles. The number of esters is 1. The zero-order chi connectivity index (χ0) is 26.1. The van der Waals surface area contributed by atoms with E-state index in [2.05, 4.69) is 4.74 Å². The van der Waals surface area contributed by atoms with E-state index in [1.54, 1.807) is 24.3 Å². The number of fused-ring (bicyclic) bond motifs is 1. The number of ketones is 1. The van der Waals surface area contributed by atoms with E-state index in [-0.39, 0.29) is 28.4 Å². The summed E-state index contributed by atoms with van der Waals surface area (Å²) >= 11 is 0. The molecule has 0 spiro atoms. The predicted molar refractivity (Wildman–Crippen MR) is 114 cm³/mol. The third kappa shape index (κ3) is 4.47. The van der Waals surface area contributed by atoms with Crippen LogP contribution in [0.4, 0.5) is 22.0 Å². The van der Waals surface area contributed by atoms with Gasteiger partial charge in [0, 0.05) is 5.56 Å². The largest absolute Gasteiger partial charge is 0.497 e. The highest BCUT2D eigenvalue weighted by atomic mass is 19.2. The summed E-state index contributed by atoms with van der Waals surface area (Å²) in [5.41, 5.74) is 1.10. The highest BCUT2D eigenvalue weighted by Crippen LogP contribution is 2.39. The Bertz CT molecular complexity index is 1400. The lowest BCUT2D eigenvalue weighted by atomic mass is 10.1. The van der Waals surface area contributed by atoms with Gasteiger partial charge >= 0.3 is 5.97 Å². The van der Waals surface area contributed by atoms with Gasteiger partial charge in [-0.25, -0.2) is 18.0 Å². The molecule has 4 rings (SSSR count). The van der Waals surface area contributed by atoms with Crippen molar-refractivity contribution in [2.45, 2.75) is 6.92 Å². The molecule has 0 bridgehead atoms. The fourth-order valence-corrected chi connectivity index (χ4v) is 3.36. The summed E-state index contributed by atoms with van der Waals surface area (Å²) in [4.78, 5) is 24.9. The number of hydrogen-bond donors (Lipinski definition) is 0. The van der Waals surface area contributed by atoms with E-state index in [1.165, 1.54) is 32.2 Å². The normalized spacial score (nSPS) is 13.4. The minimum Gasteiger partial charge on any atom is -0.497 e. The second kappa shape index (κ2) is 9.68. The molecule has 186 valence electrons. The van der Waals surface area contributed by atoms with E-state index in [1.807, 2.05) is 0 Å². The second-order valence-corrected chi connectivity index (χ2v) is 7.44. The first-order chi connectivity index (χ1) is 17.1. The summed E-state index contributed by atoms with van der Waals surface area (Å²) in [5.74, 6) is -13.8. The fourth-order valence-electron chi connectivity index (χ4n) is 3.36. The van der Waals surface area contributed by atoms with Crippen LogP contribution in [0.2, 0.25) is 0 Å². The smallest absolute Gasteiger partial charge is 0.349 e. The van der Waals surface area contributed by atoms with Gasteiger partial charge in [0.1, 0.15) is 17.2 Å². The molecule has 1 heterocycles. The zero-order valence-corrected chi connectivity index (χ0v) is 18.6. The number of hydrogen-bond acceptors (Lipinski definition) is 6. The van der Waals surface area contributed by atoms with Gasteiger partial charge in [0.2, 0.25) is 34.9 Å². The van der Waals surface area contributed by atoms with Crippen molar-refractivity contribution in [3.63, 3.8) is 0 Å². The summed E-state index contributed by atoms with van der Waals surface area (Å²) in [7, 11) is 1.50. The molecule has 0 unspecified atom stereocenters. The minimum absolute atomic E-state index is 0.0134. The van der Waals surface area contributed by atoms with Crippen molar-refractivity contribution in [1.82, 2.24) is 0 Å². The number of carbonyl (C=O) groups is 2. The number of benzene rings is 3. The number of Topliss-reactive ketones (excluding diaryl/α,β-unsaturated/α-hetero) is 1. The van der Waals surface area contributed by atoms with Crippen LogP contribution in [0.3, 0.4) is 0 Å². The number of halogens is 5. The van der Waals surface area contributed by atoms with Gasteiger partial charge in [0.25, 0.3) is 0 Å². The van der Waals surface area contributed by atoms with Crippen molar-refractivity contribution in [2.24, 2.45) is 0 Å². The maximum atomic E-state index is 13.7. The molecule has 1 aliphatic rings. The first-order valence-electron chi connectivity index (χ1n) is 10.2. The van der Waals surface area contributed by atoms with Crippen molar-refractivity contribution >= 4 is 17.8 Å². The number of rotatable bonds is 6. The summed E-state index contributed by atoms with van der Waals surface area (Å²) < 4.78 is 87.5. The molecule has 0 atom stereocenters. The highest BCUT2D eigenvalue weighted by molar-refractivity contribution is 6.15. The van der Waals surface area contributed by atoms with Crippen LogP contribution >= 0.6 is 0 Å². The Balaban J connectivity index is 1.50. The summed E-state index contributed by atoms with van der Waals surface area (Å²) in [6.07, 6.45) is 1.51. The third-order valence-corrected chi connectivity index (χ3v) is 5.16. The quantitative estimate of drug-likeness (QED) is 0.113. The van der Waals surface area contributed by atoms with Gasteiger partial charge < -0.3 is 18.9 Å². The van der Waals surface area contributed by atoms with E-state index in [0.29, 0.717) is 11.3 Å². The fraction of sp³-hybridized carbons (Fsp3) is 0.120. The van der Waals surface area contributed by atoms with Crippen molar-refractivity contribution in [3.8, 4) is 23.0 Å². The molecular weight excluding hydrogens is 491 g/mol. The first-order valence-corrected chi connectivity index (χ1v) is 10.2. The molecule has 0 fully saturated rings. The van der Waals surface area contributed by atoms with E-state index in [4.69, 9.17) is 14.2 Å². The van der Waals surface area contributed by atoms with E-state index >= 15 is 0 Å². The van der Waals surface area contributed by atoms with E-state index in [9.17, 15) is 31.5 Å². The minimum atomic E-state index is -2.36. The molecule has 36 heavy (non-hydrogen) atoms. The number of allylic oxidation sites excluding steroid dienone is 1. The van der Waals surface area contributed by atoms with Crippen LogP contribution in [0.25, 0.3) is 6.08 Å². The van der Waals surface area contributed by atoms with E-state index < -0.39 is 53.2 Å². The van der Waals surface area contributed by atoms with Crippen LogP contribution in [0.1, 0.15) is 21.5 Å². The topological polar surface area (TPSA) is 71.1 Å². The molecule has 0 N–H and O–H groups in total. The molecular formula is C25H15F5O6. The Morgan fingerprint density at radius 3 is 2.31 bits per heavy atom. The SMILES string of the molecule is COc1cccc(/C=C2\Oc3c(ccc(OC(=O)COc4c(F)c(F)c(F)c(F)c4F)c3C)C2=O)c1. The maximum absolute atomic E-state index is 13.7. The summed E-state index contributed by atoms with van der Waals surface area (Å²) in [6, 6.07) is 9.53. The predicted octanol–water partition coefficient (Wildman–Crippen LogP) is 5.30. The Morgan fingerprint density at radius 2 is 1.64 bits per heavy atom. The van der Waals surface area contributed by atoms with E-state index in [0.717, 1.165) is 0 Å². The molecule has 0 aliphatic carbocycles. The molecule has 3 aromatic carbocycles. The highest BCUT2D eigenvalue weighted by Gasteiger charge is 2.31. The Hall–Kier alpha value is -4.41. The van der Waals surface area contributed by atoms with Gasteiger partial charge in [0.05, 0.1) is 12.7 Å². The van der Waals surface area contributed by atoms with Crippen LogP contribution < -0.4 is 18.9 Å². The Labute approximate surface area is 200 Å². The number of ether oxygens (including phenoxy) is 4. The molecule has 0 amide bonds. The monoisotopic (exact) mass is 506 g/mol. The lowest BCUT2D eigenvalue weighted by Crippen LogP contribution is -2.20. The van der Waals surface area contributed by atoms with Crippen molar-refractivity contribution in [2.75, 3.05) is 13.7 Å². The standard InChI is InChI=1S/C25H15F5O6/c1-11-15(35-17(31)10-34-25-21(29)19(27)18(26)20(28)22(25)30)7-6-14-23(32)16(36-24(11)14)9-12-4-3-5-13(8-12)33-2/h3-9H,10H2,1-2H3/b16-9-. The molecule has 1 aliphatic heterocycles.